The van der Waals surface area contributed by atoms with Crippen molar-refractivity contribution in [1.82, 2.24) is 9.63 Å². The lowest BCUT2D eigenvalue weighted by Crippen LogP contribution is -2.38. The minimum atomic E-state index is -0.439. The van der Waals surface area contributed by atoms with Gasteiger partial charge < -0.3 is 9.63 Å². The third-order valence-corrected chi connectivity index (χ3v) is 5.12. The Labute approximate surface area is 49.4 Å². The van der Waals surface area contributed by atoms with Crippen molar-refractivity contribution >= 4 is 18.8 Å². The lowest BCUT2D eigenvalue weighted by molar-refractivity contribution is 1.20. The predicted molar refractivity (Wildman–Crippen MR) is 39.6 cm³/mol. The highest BCUT2D eigenvalue weighted by molar-refractivity contribution is 6.62. The molecule has 0 aromatic carbocycles. The summed E-state index contributed by atoms with van der Waals surface area (Å²) in [4.78, 5) is 3.16. The Bertz CT molecular complexity index is 39.9. The van der Waals surface area contributed by atoms with E-state index >= 15 is 0 Å². The van der Waals surface area contributed by atoms with E-state index in [9.17, 15) is 0 Å². The zero-order valence-corrected chi connectivity index (χ0v) is 7.85. The molecule has 2 N–H and O–H groups in total. The fourth-order valence-electron chi connectivity index (χ4n) is 0.306. The molecular formula is C3H14N2Si2. The Morgan fingerprint density at radius 1 is 1.43 bits per heavy atom. The first-order valence-electron chi connectivity index (χ1n) is 2.65. The van der Waals surface area contributed by atoms with Gasteiger partial charge in [0.1, 0.15) is 0 Å². The van der Waals surface area contributed by atoms with Crippen LogP contribution in [-0.4, -0.2) is 25.8 Å². The molecule has 0 amide bonds. The third kappa shape index (κ3) is 6.35. The van der Waals surface area contributed by atoms with Crippen molar-refractivity contribution in [2.45, 2.75) is 13.1 Å². The third-order valence-electron chi connectivity index (χ3n) is 0.687. The molecule has 44 valence electrons. The number of nitrogens with one attached hydrogen (secondary N) is 2. The van der Waals surface area contributed by atoms with Gasteiger partial charge in [-0.3, -0.25) is 0 Å². The highest BCUT2D eigenvalue weighted by atomic mass is 28.3. The van der Waals surface area contributed by atoms with E-state index in [1.807, 2.05) is 7.05 Å². The van der Waals surface area contributed by atoms with Gasteiger partial charge in [-0.1, -0.05) is 13.1 Å². The summed E-state index contributed by atoms with van der Waals surface area (Å²) in [5, 5.41) is 0. The van der Waals surface area contributed by atoms with Crippen LogP contribution in [-0.2, 0) is 0 Å². The minimum absolute atomic E-state index is 0.0640. The van der Waals surface area contributed by atoms with Crippen LogP contribution in [0, 0.1) is 0 Å². The Kier molecular flexibility index (Phi) is 4.74. The van der Waals surface area contributed by atoms with Crippen LogP contribution in [0.25, 0.3) is 0 Å². The maximum Gasteiger partial charge on any atom is 0.160 e. The summed E-state index contributed by atoms with van der Waals surface area (Å²) < 4.78 is 3.46. The van der Waals surface area contributed by atoms with Crippen LogP contribution in [0.4, 0.5) is 0 Å². The normalized spacial score (nSPS) is 12.0. The molecular weight excluding hydrogens is 120 g/mol. The first-order valence-corrected chi connectivity index (χ1v) is 6.95. The standard InChI is InChI=1S/C3H14N2Si2/c1-4-6-5-7(2)3/h4-5,7H,6H2,1-3H3. The lowest BCUT2D eigenvalue weighted by atomic mass is 11.6. The van der Waals surface area contributed by atoms with E-state index < -0.39 is 8.96 Å². The molecule has 0 saturated carbocycles. The van der Waals surface area contributed by atoms with Gasteiger partial charge in [0, 0.05) is 0 Å². The van der Waals surface area contributed by atoms with Gasteiger partial charge in [0.25, 0.3) is 0 Å². The first kappa shape index (κ1) is 7.35. The molecule has 0 unspecified atom stereocenters. The summed E-state index contributed by atoms with van der Waals surface area (Å²) in [7, 11) is 1.51. The number of rotatable bonds is 3. The maximum atomic E-state index is 3.46. The van der Waals surface area contributed by atoms with Crippen LogP contribution in [0.3, 0.4) is 0 Å². The number of hydrogen-bond donors (Lipinski definition) is 2. The molecule has 0 radical (unpaired) electrons. The second-order valence-electron chi connectivity index (χ2n) is 1.89. The Morgan fingerprint density at radius 2 is 2.00 bits per heavy atom. The minimum Gasteiger partial charge on any atom is -0.355 e. The van der Waals surface area contributed by atoms with Gasteiger partial charge in [0.15, 0.2) is 9.84 Å². The van der Waals surface area contributed by atoms with Crippen LogP contribution in [0.2, 0.25) is 13.1 Å². The SMILES string of the molecule is CN[SiH2]N[SiH](C)C. The first-order chi connectivity index (χ1) is 3.27. The zero-order valence-electron chi connectivity index (χ0n) is 5.28. The van der Waals surface area contributed by atoms with Crippen LogP contribution in [0.1, 0.15) is 0 Å². The van der Waals surface area contributed by atoms with Crippen LogP contribution in [0.5, 0.6) is 0 Å². The molecule has 0 heterocycles. The van der Waals surface area contributed by atoms with Gasteiger partial charge in [-0.2, -0.15) is 0 Å². The number of hydrogen-bond acceptors (Lipinski definition) is 2. The summed E-state index contributed by atoms with van der Waals surface area (Å²) in [5.74, 6) is 0. The van der Waals surface area contributed by atoms with Crippen molar-refractivity contribution in [2.75, 3.05) is 7.05 Å². The fraction of sp³-hybridized carbons (Fsp3) is 1.00. The molecule has 2 nitrogen and oxygen atoms in total. The topological polar surface area (TPSA) is 24.1 Å². The van der Waals surface area contributed by atoms with Gasteiger partial charge in [0.05, 0.1) is 8.96 Å². The summed E-state index contributed by atoms with van der Waals surface area (Å²) in [6, 6.07) is 0. The highest BCUT2D eigenvalue weighted by Crippen LogP contribution is 1.64. The molecule has 0 aliphatic heterocycles. The molecule has 0 bridgehead atoms. The van der Waals surface area contributed by atoms with Crippen molar-refractivity contribution in [3.8, 4) is 0 Å². The van der Waals surface area contributed by atoms with Gasteiger partial charge in [0.2, 0.25) is 0 Å². The van der Waals surface area contributed by atoms with Crippen molar-refractivity contribution in [1.29, 1.82) is 0 Å². The molecule has 0 rings (SSSR count). The summed E-state index contributed by atoms with van der Waals surface area (Å²) in [5.41, 5.74) is 0. The molecule has 0 saturated heterocycles. The average Bonchev–Trinajstić information content (AvgIpc) is 1.61. The molecule has 0 fully saturated rings. The molecule has 7 heavy (non-hydrogen) atoms. The second kappa shape index (κ2) is 4.51. The smallest absolute Gasteiger partial charge is 0.160 e. The molecule has 0 aromatic heterocycles. The van der Waals surface area contributed by atoms with Crippen LogP contribution < -0.4 is 9.63 Å². The molecule has 0 spiro atoms. The Balaban J connectivity index is 2.68. The summed E-state index contributed by atoms with van der Waals surface area (Å²) >= 11 is 0. The molecule has 0 aromatic rings. The molecule has 0 aliphatic rings. The molecule has 4 heteroatoms. The summed E-state index contributed by atoms with van der Waals surface area (Å²) in [6.07, 6.45) is 0. The summed E-state index contributed by atoms with van der Waals surface area (Å²) in [6.45, 7) is 4.59. The van der Waals surface area contributed by atoms with Gasteiger partial charge in [-0.25, -0.2) is 0 Å². The van der Waals surface area contributed by atoms with Crippen molar-refractivity contribution in [3.63, 3.8) is 0 Å². The largest absolute Gasteiger partial charge is 0.355 e. The van der Waals surface area contributed by atoms with Crippen molar-refractivity contribution < 1.29 is 0 Å². The second-order valence-corrected chi connectivity index (χ2v) is 6.89. The zero-order chi connectivity index (χ0) is 5.70. The molecule has 0 aliphatic carbocycles. The monoisotopic (exact) mass is 134 g/mol. The van der Waals surface area contributed by atoms with E-state index in [1.165, 1.54) is 0 Å². The van der Waals surface area contributed by atoms with Gasteiger partial charge in [-0.15, -0.1) is 0 Å². The van der Waals surface area contributed by atoms with Crippen LogP contribution in [0.15, 0.2) is 0 Å². The Hall–Kier alpha value is 0.354. The van der Waals surface area contributed by atoms with E-state index in [0.29, 0.717) is 0 Å². The van der Waals surface area contributed by atoms with Crippen LogP contribution >= 0.6 is 0 Å². The van der Waals surface area contributed by atoms with Gasteiger partial charge in [-0.05, 0) is 7.05 Å². The van der Waals surface area contributed by atoms with Crippen molar-refractivity contribution in [3.05, 3.63) is 0 Å². The highest BCUT2D eigenvalue weighted by Gasteiger charge is 1.88. The average molecular weight is 134 g/mol. The quantitative estimate of drug-likeness (QED) is 0.473. The lowest BCUT2D eigenvalue weighted by Gasteiger charge is -2.02. The van der Waals surface area contributed by atoms with E-state index in [4.69, 9.17) is 0 Å². The fourth-order valence-corrected chi connectivity index (χ4v) is 2.76. The maximum absolute atomic E-state index is 3.46. The van der Waals surface area contributed by atoms with E-state index in [0.717, 1.165) is 0 Å². The van der Waals surface area contributed by atoms with E-state index in [2.05, 4.69) is 22.7 Å². The Morgan fingerprint density at radius 3 is 2.14 bits per heavy atom. The van der Waals surface area contributed by atoms with Gasteiger partial charge >= 0.3 is 0 Å². The van der Waals surface area contributed by atoms with E-state index in [1.54, 1.807) is 0 Å². The molecule has 0 atom stereocenters. The van der Waals surface area contributed by atoms with Crippen molar-refractivity contribution in [2.24, 2.45) is 0 Å². The van der Waals surface area contributed by atoms with E-state index in [-0.39, 0.29) is 9.84 Å². The predicted octanol–water partition coefficient (Wildman–Crippen LogP) is -1.22.